The minimum atomic E-state index is -0.723. The molecule has 0 saturated carbocycles. The topological polar surface area (TPSA) is 49.4 Å². The Bertz CT molecular complexity index is 792. The summed E-state index contributed by atoms with van der Waals surface area (Å²) in [7, 11) is 0. The minimum Gasteiger partial charge on any atom is -0.355 e. The molecule has 0 aliphatic carbocycles. The average Bonchev–Trinajstić information content (AvgIpc) is 2.64. The molecule has 2 aromatic rings. The summed E-state index contributed by atoms with van der Waals surface area (Å²) < 4.78 is 14.1. The lowest BCUT2D eigenvalue weighted by Gasteiger charge is -2.29. The molecular formula is C20H21Cl2FN2O2. The first-order chi connectivity index (χ1) is 12.8. The summed E-state index contributed by atoms with van der Waals surface area (Å²) in [6, 6.07) is 10.5. The third-order valence-corrected chi connectivity index (χ3v) is 4.78. The first-order valence-corrected chi connectivity index (χ1v) is 9.33. The third-order valence-electron chi connectivity index (χ3n) is 4.17. The van der Waals surface area contributed by atoms with Gasteiger partial charge in [0.05, 0.1) is 6.42 Å². The highest BCUT2D eigenvalue weighted by Crippen LogP contribution is 2.21. The van der Waals surface area contributed by atoms with Crippen LogP contribution < -0.4 is 5.32 Å². The molecule has 0 bridgehead atoms. The number of hydrogen-bond donors (Lipinski definition) is 1. The van der Waals surface area contributed by atoms with Crippen molar-refractivity contribution in [2.75, 3.05) is 6.54 Å². The van der Waals surface area contributed by atoms with Crippen molar-refractivity contribution in [2.45, 2.75) is 32.9 Å². The van der Waals surface area contributed by atoms with Crippen LogP contribution in [0.5, 0.6) is 0 Å². The molecule has 0 heterocycles. The molecule has 0 aliphatic heterocycles. The second-order valence-corrected chi connectivity index (χ2v) is 6.94. The van der Waals surface area contributed by atoms with E-state index in [1.807, 2.05) is 0 Å². The van der Waals surface area contributed by atoms with E-state index in [1.54, 1.807) is 38.1 Å². The standard InChI is InChI=1S/C20H21Cl2FN2O2/c1-3-24-20(27)13(2)25(12-14-7-9-15(21)10-8-14)19(26)11-16-17(22)5-4-6-18(16)23/h4-10,13H,3,11-12H2,1-2H3,(H,24,27). The van der Waals surface area contributed by atoms with Crippen LogP contribution in [0.4, 0.5) is 4.39 Å². The molecule has 0 spiro atoms. The van der Waals surface area contributed by atoms with Crippen molar-refractivity contribution >= 4 is 35.0 Å². The zero-order chi connectivity index (χ0) is 20.0. The number of nitrogens with zero attached hydrogens (tertiary/aromatic N) is 1. The Kier molecular flexibility index (Phi) is 7.63. The summed E-state index contributed by atoms with van der Waals surface area (Å²) in [5.41, 5.74) is 0.928. The van der Waals surface area contributed by atoms with Crippen molar-refractivity contribution in [1.82, 2.24) is 10.2 Å². The molecule has 4 nitrogen and oxygen atoms in total. The Hall–Kier alpha value is -2.11. The summed E-state index contributed by atoms with van der Waals surface area (Å²) in [6.45, 7) is 4.09. The van der Waals surface area contributed by atoms with E-state index >= 15 is 0 Å². The highest BCUT2D eigenvalue weighted by molar-refractivity contribution is 6.31. The molecule has 0 fully saturated rings. The normalized spacial score (nSPS) is 11.7. The number of hydrogen-bond acceptors (Lipinski definition) is 2. The van der Waals surface area contributed by atoms with Crippen LogP contribution in [0.1, 0.15) is 25.0 Å². The Labute approximate surface area is 168 Å². The number of likely N-dealkylation sites (N-methyl/N-ethyl adjacent to an activating group) is 1. The highest BCUT2D eigenvalue weighted by Gasteiger charge is 2.27. The summed E-state index contributed by atoms with van der Waals surface area (Å²) in [5.74, 6) is -1.22. The molecule has 7 heteroatoms. The van der Waals surface area contributed by atoms with Crippen LogP contribution in [0.2, 0.25) is 10.0 Å². The average molecular weight is 411 g/mol. The maximum atomic E-state index is 14.1. The molecule has 0 radical (unpaired) electrons. The molecule has 144 valence electrons. The quantitative estimate of drug-likeness (QED) is 0.742. The van der Waals surface area contributed by atoms with Crippen LogP contribution in [0, 0.1) is 5.82 Å². The summed E-state index contributed by atoms with van der Waals surface area (Å²) in [4.78, 5) is 26.6. The zero-order valence-electron chi connectivity index (χ0n) is 15.1. The van der Waals surface area contributed by atoms with E-state index in [0.29, 0.717) is 11.6 Å². The van der Waals surface area contributed by atoms with Gasteiger partial charge in [-0.25, -0.2) is 4.39 Å². The van der Waals surface area contributed by atoms with Gasteiger partial charge < -0.3 is 10.2 Å². The van der Waals surface area contributed by atoms with Crippen LogP contribution in [-0.2, 0) is 22.6 Å². The van der Waals surface area contributed by atoms with Crippen molar-refractivity contribution in [1.29, 1.82) is 0 Å². The monoisotopic (exact) mass is 410 g/mol. The SMILES string of the molecule is CCNC(=O)C(C)N(Cc1ccc(Cl)cc1)C(=O)Cc1c(F)cccc1Cl. The van der Waals surface area contributed by atoms with E-state index in [4.69, 9.17) is 23.2 Å². The second kappa shape index (κ2) is 9.72. The summed E-state index contributed by atoms with van der Waals surface area (Å²) in [6.07, 6.45) is -0.233. The Morgan fingerprint density at radius 1 is 1.15 bits per heavy atom. The molecule has 27 heavy (non-hydrogen) atoms. The van der Waals surface area contributed by atoms with E-state index in [9.17, 15) is 14.0 Å². The molecule has 1 N–H and O–H groups in total. The van der Waals surface area contributed by atoms with Crippen molar-refractivity contribution in [3.63, 3.8) is 0 Å². The molecule has 1 atom stereocenters. The first kappa shape index (κ1) is 21.2. The predicted octanol–water partition coefficient (Wildman–Crippen LogP) is 4.23. The molecule has 2 rings (SSSR count). The van der Waals surface area contributed by atoms with E-state index in [2.05, 4.69) is 5.32 Å². The van der Waals surface area contributed by atoms with Gasteiger partial charge in [0.15, 0.2) is 0 Å². The van der Waals surface area contributed by atoms with Crippen molar-refractivity contribution in [3.8, 4) is 0 Å². The maximum absolute atomic E-state index is 14.1. The lowest BCUT2D eigenvalue weighted by atomic mass is 10.1. The number of halogens is 3. The number of benzene rings is 2. The van der Waals surface area contributed by atoms with Crippen molar-refractivity contribution < 1.29 is 14.0 Å². The van der Waals surface area contributed by atoms with Crippen molar-refractivity contribution in [2.24, 2.45) is 0 Å². The number of nitrogens with one attached hydrogen (secondary N) is 1. The van der Waals surface area contributed by atoms with Gasteiger partial charge in [0.2, 0.25) is 11.8 Å². The smallest absolute Gasteiger partial charge is 0.242 e. The fraction of sp³-hybridized carbons (Fsp3) is 0.300. The Balaban J connectivity index is 2.28. The Morgan fingerprint density at radius 2 is 1.81 bits per heavy atom. The zero-order valence-corrected chi connectivity index (χ0v) is 16.6. The minimum absolute atomic E-state index is 0.119. The van der Waals surface area contributed by atoms with Gasteiger partial charge in [-0.1, -0.05) is 41.4 Å². The van der Waals surface area contributed by atoms with E-state index in [0.717, 1.165) is 5.56 Å². The van der Waals surface area contributed by atoms with Crippen LogP contribution in [0.25, 0.3) is 0 Å². The van der Waals surface area contributed by atoms with Gasteiger partial charge in [0.1, 0.15) is 11.9 Å². The van der Waals surface area contributed by atoms with Gasteiger partial charge in [-0.3, -0.25) is 9.59 Å². The predicted molar refractivity (Wildman–Crippen MR) is 105 cm³/mol. The Morgan fingerprint density at radius 3 is 2.41 bits per heavy atom. The van der Waals surface area contributed by atoms with E-state index in [-0.39, 0.29) is 29.5 Å². The highest BCUT2D eigenvalue weighted by atomic mass is 35.5. The van der Waals surface area contributed by atoms with Gasteiger partial charge in [-0.15, -0.1) is 0 Å². The first-order valence-electron chi connectivity index (χ1n) is 8.58. The number of carbonyl (C=O) groups is 2. The molecule has 2 amide bonds. The number of carbonyl (C=O) groups excluding carboxylic acids is 2. The fourth-order valence-electron chi connectivity index (χ4n) is 2.65. The second-order valence-electron chi connectivity index (χ2n) is 6.10. The van der Waals surface area contributed by atoms with Crippen molar-refractivity contribution in [3.05, 3.63) is 69.5 Å². The van der Waals surface area contributed by atoms with Crippen LogP contribution >= 0.6 is 23.2 Å². The summed E-state index contributed by atoms with van der Waals surface area (Å²) >= 11 is 11.9. The fourth-order valence-corrected chi connectivity index (χ4v) is 3.00. The molecular weight excluding hydrogens is 390 g/mol. The van der Waals surface area contributed by atoms with Crippen LogP contribution in [0.15, 0.2) is 42.5 Å². The summed E-state index contributed by atoms with van der Waals surface area (Å²) in [5, 5.41) is 3.46. The van der Waals surface area contributed by atoms with Gasteiger partial charge in [0, 0.05) is 28.7 Å². The van der Waals surface area contributed by atoms with Gasteiger partial charge in [-0.2, -0.15) is 0 Å². The largest absolute Gasteiger partial charge is 0.355 e. The van der Waals surface area contributed by atoms with Gasteiger partial charge >= 0.3 is 0 Å². The van der Waals surface area contributed by atoms with Gasteiger partial charge in [-0.05, 0) is 43.7 Å². The lowest BCUT2D eigenvalue weighted by Crippen LogP contribution is -2.48. The molecule has 2 aromatic carbocycles. The van der Waals surface area contributed by atoms with E-state index < -0.39 is 17.8 Å². The molecule has 0 saturated heterocycles. The van der Waals surface area contributed by atoms with Crippen LogP contribution in [0.3, 0.4) is 0 Å². The lowest BCUT2D eigenvalue weighted by molar-refractivity contribution is -0.140. The van der Waals surface area contributed by atoms with Crippen LogP contribution in [-0.4, -0.2) is 29.3 Å². The maximum Gasteiger partial charge on any atom is 0.242 e. The molecule has 0 aliphatic rings. The molecule has 0 aromatic heterocycles. The number of amides is 2. The van der Waals surface area contributed by atoms with E-state index in [1.165, 1.54) is 23.1 Å². The number of rotatable bonds is 7. The van der Waals surface area contributed by atoms with Gasteiger partial charge in [0.25, 0.3) is 0 Å². The molecule has 1 unspecified atom stereocenters. The third kappa shape index (κ3) is 5.68.